The first kappa shape index (κ1) is 45.9. The van der Waals surface area contributed by atoms with Crippen molar-refractivity contribution in [3.63, 3.8) is 0 Å². The van der Waals surface area contributed by atoms with Crippen LogP contribution in [-0.2, 0) is 22.4 Å². The summed E-state index contributed by atoms with van der Waals surface area (Å²) in [6.07, 6.45) is 21.1. The summed E-state index contributed by atoms with van der Waals surface area (Å²) in [6, 6.07) is 18.7. The van der Waals surface area contributed by atoms with Gasteiger partial charge in [0.15, 0.2) is 11.6 Å². The summed E-state index contributed by atoms with van der Waals surface area (Å²) in [5, 5.41) is 18.4. The molecule has 0 N–H and O–H groups in total. The molecule has 4 aromatic rings. The molecule has 10 nitrogen and oxygen atoms in total. The molecule has 2 heterocycles. The number of aromatic nitrogens is 4. The molecule has 0 radical (unpaired) electrons. The lowest BCUT2D eigenvalue weighted by Gasteiger charge is -2.15. The van der Waals surface area contributed by atoms with E-state index < -0.39 is 11.8 Å². The molecule has 0 bridgehead atoms. The number of hydrogen-bond donors (Lipinski definition) is 0. The van der Waals surface area contributed by atoms with Gasteiger partial charge in [-0.05, 0) is 98.2 Å². The predicted octanol–water partition coefficient (Wildman–Crippen LogP) is 11.1. The first-order valence-electron chi connectivity index (χ1n) is 20.7. The first-order valence-corrected chi connectivity index (χ1v) is 20.7. The van der Waals surface area contributed by atoms with Crippen LogP contribution in [0.2, 0.25) is 0 Å². The summed E-state index contributed by atoms with van der Waals surface area (Å²) in [6.45, 7) is 11.9. The fourth-order valence-corrected chi connectivity index (χ4v) is 6.17. The van der Waals surface area contributed by atoms with Crippen molar-refractivity contribution in [3.8, 4) is 46.4 Å². The molecule has 4 rings (SSSR count). The Morgan fingerprint density at radius 3 is 1.23 bits per heavy atom. The van der Waals surface area contributed by atoms with E-state index in [0.717, 1.165) is 54.4 Å². The van der Waals surface area contributed by atoms with Crippen molar-refractivity contribution in [2.75, 3.05) is 0 Å². The zero-order chi connectivity index (χ0) is 41.4. The van der Waals surface area contributed by atoms with E-state index in [1.165, 1.54) is 38.5 Å². The second-order valence-corrected chi connectivity index (χ2v) is 14.6. The number of benzene rings is 2. The van der Waals surface area contributed by atoms with Crippen molar-refractivity contribution in [2.45, 2.75) is 125 Å². The van der Waals surface area contributed by atoms with E-state index in [2.05, 4.69) is 45.9 Å². The zero-order valence-corrected chi connectivity index (χ0v) is 34.7. The molecule has 302 valence electrons. The molecule has 0 saturated heterocycles. The molecule has 57 heavy (non-hydrogen) atoms. The summed E-state index contributed by atoms with van der Waals surface area (Å²) in [4.78, 5) is 42.4. The van der Waals surface area contributed by atoms with Crippen LogP contribution >= 0.6 is 0 Å². The molecule has 0 aliphatic heterocycles. The molecule has 0 saturated carbocycles. The number of esters is 2. The number of nitrogens with zero attached hydrogens (tertiary/aromatic N) is 6. The van der Waals surface area contributed by atoms with Gasteiger partial charge >= 0.3 is 11.9 Å². The van der Waals surface area contributed by atoms with Gasteiger partial charge < -0.3 is 9.47 Å². The monoisotopic (exact) mass is 772 g/mol. The average molecular weight is 773 g/mol. The minimum absolute atomic E-state index is 0.319. The van der Waals surface area contributed by atoms with Gasteiger partial charge in [-0.2, -0.15) is 10.5 Å². The third-order valence-electron chi connectivity index (χ3n) is 9.94. The quantitative estimate of drug-likeness (QED) is 0.0454. The molecule has 10 heteroatoms. The topological polar surface area (TPSA) is 152 Å². The maximum absolute atomic E-state index is 12.3. The SMILES string of the molecule is CCCCCCc1cnc(-c2ccc(OC(=O)C(C)C(C#N)CCC)cc2)nc1.CCCCCc1cnc(-c2ccc(OC(=O)C(C)C(C#N)CCC)cc2)nc1. The van der Waals surface area contributed by atoms with Gasteiger partial charge in [0.1, 0.15) is 11.5 Å². The van der Waals surface area contributed by atoms with Crippen LogP contribution in [0.15, 0.2) is 73.3 Å². The van der Waals surface area contributed by atoms with Crippen molar-refractivity contribution in [1.82, 2.24) is 19.9 Å². The highest BCUT2D eigenvalue weighted by molar-refractivity contribution is 5.76. The molecule has 0 amide bonds. The Balaban J connectivity index is 0.000000306. The van der Waals surface area contributed by atoms with Crippen molar-refractivity contribution in [1.29, 1.82) is 10.5 Å². The lowest BCUT2D eigenvalue weighted by atomic mass is 9.91. The number of unbranched alkanes of at least 4 members (excludes halogenated alkanes) is 5. The Labute approximate surface area is 340 Å². The fourth-order valence-electron chi connectivity index (χ4n) is 6.17. The standard InChI is InChI=1S/C24H31N3O2.C23H29N3O2/c1-4-6-7-8-10-19-16-26-23(27-17-19)20-11-13-22(14-12-20)29-24(28)18(3)21(15-25)9-5-2;1-4-6-7-9-18-15-25-22(26-16-18)19-10-12-21(13-11-19)28-23(27)17(3)20(14-24)8-5-2/h11-14,16-18,21H,4-10H2,1-3H3;10-13,15-17,20H,4-9H2,1-3H3. The van der Waals surface area contributed by atoms with Crippen LogP contribution in [0.1, 0.15) is 123 Å². The van der Waals surface area contributed by atoms with Gasteiger partial charge in [-0.25, -0.2) is 19.9 Å². The average Bonchev–Trinajstić information content (AvgIpc) is 3.24. The third kappa shape index (κ3) is 15.5. The number of aryl methyl sites for hydroxylation is 2. The van der Waals surface area contributed by atoms with Gasteiger partial charge in [-0.3, -0.25) is 9.59 Å². The summed E-state index contributed by atoms with van der Waals surface area (Å²) < 4.78 is 10.9. The van der Waals surface area contributed by atoms with Crippen LogP contribution in [0, 0.1) is 46.3 Å². The molecule has 4 unspecified atom stereocenters. The Morgan fingerprint density at radius 1 is 0.544 bits per heavy atom. The third-order valence-corrected chi connectivity index (χ3v) is 9.94. The van der Waals surface area contributed by atoms with Crippen molar-refractivity contribution in [2.24, 2.45) is 23.7 Å². The molecule has 0 aliphatic rings. The summed E-state index contributed by atoms with van der Waals surface area (Å²) in [5.74, 6) is -0.0556. The van der Waals surface area contributed by atoms with Crippen LogP contribution in [0.25, 0.3) is 22.8 Å². The van der Waals surface area contributed by atoms with E-state index in [0.29, 0.717) is 36.0 Å². The smallest absolute Gasteiger partial charge is 0.315 e. The van der Waals surface area contributed by atoms with E-state index in [-0.39, 0.29) is 23.8 Å². The number of nitriles is 2. The lowest BCUT2D eigenvalue weighted by molar-refractivity contribution is -0.140. The van der Waals surface area contributed by atoms with Crippen LogP contribution in [-0.4, -0.2) is 31.9 Å². The van der Waals surface area contributed by atoms with Crippen molar-refractivity contribution >= 4 is 11.9 Å². The van der Waals surface area contributed by atoms with Crippen LogP contribution in [0.3, 0.4) is 0 Å². The number of carbonyl (C=O) groups is 2. The van der Waals surface area contributed by atoms with Gasteiger partial charge in [-0.15, -0.1) is 0 Å². The van der Waals surface area contributed by atoms with Gasteiger partial charge in [0.05, 0.1) is 35.8 Å². The summed E-state index contributed by atoms with van der Waals surface area (Å²) in [7, 11) is 0. The molecule has 4 atom stereocenters. The largest absolute Gasteiger partial charge is 0.426 e. The number of hydrogen-bond acceptors (Lipinski definition) is 10. The Morgan fingerprint density at radius 2 is 0.895 bits per heavy atom. The van der Waals surface area contributed by atoms with Gasteiger partial charge in [-0.1, -0.05) is 86.5 Å². The predicted molar refractivity (Wildman–Crippen MR) is 224 cm³/mol. The van der Waals surface area contributed by atoms with Crippen LogP contribution in [0.5, 0.6) is 11.5 Å². The lowest BCUT2D eigenvalue weighted by Crippen LogP contribution is -2.24. The number of carbonyl (C=O) groups excluding carboxylic acids is 2. The summed E-state index contributed by atoms with van der Waals surface area (Å²) >= 11 is 0. The molecule has 2 aromatic heterocycles. The molecule has 2 aromatic carbocycles. The Kier molecular flexibility index (Phi) is 20.6. The van der Waals surface area contributed by atoms with E-state index in [1.54, 1.807) is 38.1 Å². The van der Waals surface area contributed by atoms with Crippen molar-refractivity contribution < 1.29 is 19.1 Å². The highest BCUT2D eigenvalue weighted by atomic mass is 16.5. The minimum atomic E-state index is -0.451. The molecule has 0 fully saturated rings. The van der Waals surface area contributed by atoms with Crippen LogP contribution < -0.4 is 9.47 Å². The Bertz CT molecular complexity index is 1850. The molecule has 0 spiro atoms. The highest BCUT2D eigenvalue weighted by Gasteiger charge is 2.26. The second-order valence-electron chi connectivity index (χ2n) is 14.6. The van der Waals surface area contributed by atoms with E-state index >= 15 is 0 Å². The van der Waals surface area contributed by atoms with Gasteiger partial charge in [0.2, 0.25) is 0 Å². The highest BCUT2D eigenvalue weighted by Crippen LogP contribution is 2.25. The van der Waals surface area contributed by atoms with E-state index in [9.17, 15) is 20.1 Å². The van der Waals surface area contributed by atoms with E-state index in [4.69, 9.17) is 9.47 Å². The fraction of sp³-hybridized carbons (Fsp3) is 0.489. The van der Waals surface area contributed by atoms with Gasteiger partial charge in [0, 0.05) is 35.9 Å². The maximum atomic E-state index is 12.3. The minimum Gasteiger partial charge on any atom is -0.426 e. The summed E-state index contributed by atoms with van der Waals surface area (Å²) in [5.41, 5.74) is 4.05. The molecular formula is C47H60N6O4. The van der Waals surface area contributed by atoms with Gasteiger partial charge in [0.25, 0.3) is 0 Å². The number of rotatable bonds is 21. The van der Waals surface area contributed by atoms with E-state index in [1.807, 2.05) is 62.9 Å². The normalized spacial score (nSPS) is 12.8. The Hall–Kier alpha value is -5.48. The second kappa shape index (κ2) is 25.6. The first-order chi connectivity index (χ1) is 27.7. The van der Waals surface area contributed by atoms with Crippen molar-refractivity contribution in [3.05, 3.63) is 84.4 Å². The maximum Gasteiger partial charge on any atom is 0.315 e. The zero-order valence-electron chi connectivity index (χ0n) is 34.7. The molecule has 0 aliphatic carbocycles. The molecular weight excluding hydrogens is 713 g/mol. The van der Waals surface area contributed by atoms with Crippen LogP contribution in [0.4, 0.5) is 0 Å². The number of ether oxygens (including phenoxy) is 2.